The third-order valence-electron chi connectivity index (χ3n) is 2.54. The summed E-state index contributed by atoms with van der Waals surface area (Å²) in [4.78, 5) is 16.0. The van der Waals surface area contributed by atoms with E-state index in [0.717, 1.165) is 20.9 Å². The molecule has 0 saturated carbocycles. The van der Waals surface area contributed by atoms with Crippen LogP contribution in [0.5, 0.6) is 0 Å². The quantitative estimate of drug-likeness (QED) is 0.877. The van der Waals surface area contributed by atoms with Gasteiger partial charge in [-0.2, -0.15) is 0 Å². The number of fused-ring (bicyclic) bond motifs is 1. The first-order valence-corrected chi connectivity index (χ1v) is 6.35. The summed E-state index contributed by atoms with van der Waals surface area (Å²) < 4.78 is 1.07. The molecule has 0 saturated heterocycles. The number of nitrogens with two attached hydrogens (primary N) is 1. The minimum atomic E-state index is -0.450. The van der Waals surface area contributed by atoms with Gasteiger partial charge in [-0.3, -0.25) is 4.79 Å². The molecule has 0 spiro atoms. The highest BCUT2D eigenvalue weighted by molar-refractivity contribution is 7.18. The molecule has 2 rings (SSSR count). The van der Waals surface area contributed by atoms with Gasteiger partial charge in [-0.25, -0.2) is 4.98 Å². The molecule has 1 amide bonds. The van der Waals surface area contributed by atoms with E-state index in [0.29, 0.717) is 6.42 Å². The van der Waals surface area contributed by atoms with Crippen molar-refractivity contribution < 1.29 is 4.79 Å². The summed E-state index contributed by atoms with van der Waals surface area (Å²) in [6.07, 6.45) is 0.633. The molecule has 0 aliphatic carbocycles. The SMILES string of the molecule is CC[C@@H](N)C(=O)Nc1ccc2nc(C)sc2c1. The van der Waals surface area contributed by atoms with Gasteiger partial charge < -0.3 is 11.1 Å². The van der Waals surface area contributed by atoms with Gasteiger partial charge in [0.2, 0.25) is 5.91 Å². The molecule has 5 heteroatoms. The van der Waals surface area contributed by atoms with E-state index in [1.54, 1.807) is 11.3 Å². The molecule has 3 N–H and O–H groups in total. The molecule has 4 nitrogen and oxygen atoms in total. The molecule has 0 fully saturated rings. The minimum Gasteiger partial charge on any atom is -0.325 e. The predicted octanol–water partition coefficient (Wildman–Crippen LogP) is 2.28. The molecule has 90 valence electrons. The van der Waals surface area contributed by atoms with Crippen molar-refractivity contribution in [1.82, 2.24) is 4.98 Å². The molecule has 17 heavy (non-hydrogen) atoms. The lowest BCUT2D eigenvalue weighted by atomic mass is 10.2. The maximum atomic E-state index is 11.6. The largest absolute Gasteiger partial charge is 0.325 e. The summed E-state index contributed by atoms with van der Waals surface area (Å²) in [5.41, 5.74) is 7.40. The predicted molar refractivity (Wildman–Crippen MR) is 71.3 cm³/mol. The van der Waals surface area contributed by atoms with Crippen LogP contribution in [-0.2, 0) is 4.79 Å². The van der Waals surface area contributed by atoms with Gasteiger partial charge in [0.25, 0.3) is 0 Å². The summed E-state index contributed by atoms with van der Waals surface area (Å²) in [5, 5.41) is 3.83. The Morgan fingerprint density at radius 3 is 3.06 bits per heavy atom. The third-order valence-corrected chi connectivity index (χ3v) is 3.47. The first-order chi connectivity index (χ1) is 8.10. The van der Waals surface area contributed by atoms with E-state index >= 15 is 0 Å². The number of nitrogens with one attached hydrogen (secondary N) is 1. The topological polar surface area (TPSA) is 68.0 Å². The Morgan fingerprint density at radius 2 is 2.35 bits per heavy atom. The van der Waals surface area contributed by atoms with Gasteiger partial charge in [-0.05, 0) is 31.5 Å². The second-order valence-corrected chi connectivity index (χ2v) is 5.15. The molecule has 0 aliphatic heterocycles. The Kier molecular flexibility index (Phi) is 3.40. The van der Waals surface area contributed by atoms with E-state index in [2.05, 4.69) is 10.3 Å². The molecular weight excluding hydrogens is 234 g/mol. The molecule has 2 aromatic rings. The molecule has 0 radical (unpaired) electrons. The normalized spacial score (nSPS) is 12.6. The van der Waals surface area contributed by atoms with Gasteiger partial charge in [0.05, 0.1) is 21.3 Å². The second kappa shape index (κ2) is 4.81. The van der Waals surface area contributed by atoms with Crippen molar-refractivity contribution in [2.45, 2.75) is 26.3 Å². The van der Waals surface area contributed by atoms with Crippen LogP contribution in [0.15, 0.2) is 18.2 Å². The molecule has 0 aliphatic rings. The fourth-order valence-electron chi connectivity index (χ4n) is 1.54. The Bertz CT molecular complexity index is 550. The highest BCUT2D eigenvalue weighted by atomic mass is 32.1. The standard InChI is InChI=1S/C12H15N3OS/c1-3-9(13)12(16)15-8-4-5-10-11(6-8)17-7(2)14-10/h4-6,9H,3,13H2,1-2H3,(H,15,16)/t9-/m1/s1. The summed E-state index contributed by atoms with van der Waals surface area (Å²) in [6.45, 7) is 3.86. The Labute approximate surface area is 104 Å². The molecule has 1 atom stereocenters. The Hall–Kier alpha value is -1.46. The number of thiazole rings is 1. The highest BCUT2D eigenvalue weighted by Gasteiger charge is 2.11. The molecule has 0 bridgehead atoms. The maximum Gasteiger partial charge on any atom is 0.241 e. The molecular formula is C12H15N3OS. The van der Waals surface area contributed by atoms with Crippen molar-refractivity contribution in [3.05, 3.63) is 23.2 Å². The maximum absolute atomic E-state index is 11.6. The molecule has 0 unspecified atom stereocenters. The van der Waals surface area contributed by atoms with E-state index in [-0.39, 0.29) is 5.91 Å². The number of hydrogen-bond donors (Lipinski definition) is 2. The van der Waals surface area contributed by atoms with Crippen LogP contribution in [0.3, 0.4) is 0 Å². The summed E-state index contributed by atoms with van der Waals surface area (Å²) in [7, 11) is 0. The van der Waals surface area contributed by atoms with Crippen LogP contribution >= 0.6 is 11.3 Å². The second-order valence-electron chi connectivity index (χ2n) is 3.92. The highest BCUT2D eigenvalue weighted by Crippen LogP contribution is 2.24. The van der Waals surface area contributed by atoms with Gasteiger partial charge in [0.1, 0.15) is 0 Å². The van der Waals surface area contributed by atoms with Crippen molar-refractivity contribution in [2.75, 3.05) is 5.32 Å². The zero-order chi connectivity index (χ0) is 12.4. The number of benzene rings is 1. The number of aryl methyl sites for hydroxylation is 1. The van der Waals surface area contributed by atoms with Crippen molar-refractivity contribution in [3.8, 4) is 0 Å². The Balaban J connectivity index is 2.22. The van der Waals surface area contributed by atoms with E-state index in [1.807, 2.05) is 32.0 Å². The number of rotatable bonds is 3. The minimum absolute atomic E-state index is 0.145. The van der Waals surface area contributed by atoms with E-state index < -0.39 is 6.04 Å². The Morgan fingerprint density at radius 1 is 1.59 bits per heavy atom. The van der Waals surface area contributed by atoms with Crippen molar-refractivity contribution in [3.63, 3.8) is 0 Å². The van der Waals surface area contributed by atoms with E-state index in [1.165, 1.54) is 0 Å². The summed E-state index contributed by atoms with van der Waals surface area (Å²) in [5.74, 6) is -0.145. The third kappa shape index (κ3) is 2.62. The van der Waals surface area contributed by atoms with Gasteiger partial charge >= 0.3 is 0 Å². The number of nitrogens with zero attached hydrogens (tertiary/aromatic N) is 1. The lowest BCUT2D eigenvalue weighted by Crippen LogP contribution is -2.34. The zero-order valence-electron chi connectivity index (χ0n) is 9.86. The van der Waals surface area contributed by atoms with E-state index in [4.69, 9.17) is 5.73 Å². The van der Waals surface area contributed by atoms with Gasteiger partial charge in [0.15, 0.2) is 0 Å². The van der Waals surface area contributed by atoms with Crippen LogP contribution in [0.25, 0.3) is 10.2 Å². The number of anilines is 1. The zero-order valence-corrected chi connectivity index (χ0v) is 10.7. The van der Waals surface area contributed by atoms with Crippen molar-refractivity contribution in [2.24, 2.45) is 5.73 Å². The fraction of sp³-hybridized carbons (Fsp3) is 0.333. The van der Waals surface area contributed by atoms with Gasteiger partial charge in [-0.15, -0.1) is 11.3 Å². The lowest BCUT2D eigenvalue weighted by Gasteiger charge is -2.09. The van der Waals surface area contributed by atoms with Gasteiger partial charge in [-0.1, -0.05) is 6.92 Å². The number of carbonyl (C=O) groups is 1. The number of carbonyl (C=O) groups excluding carboxylic acids is 1. The molecule has 1 aromatic carbocycles. The van der Waals surface area contributed by atoms with Crippen LogP contribution in [0.2, 0.25) is 0 Å². The number of amides is 1. The summed E-state index contributed by atoms with van der Waals surface area (Å²) >= 11 is 1.61. The summed E-state index contributed by atoms with van der Waals surface area (Å²) in [6, 6.07) is 5.24. The van der Waals surface area contributed by atoms with Crippen molar-refractivity contribution >= 4 is 33.1 Å². The monoisotopic (exact) mass is 249 g/mol. The first kappa shape index (κ1) is 12.0. The van der Waals surface area contributed by atoms with Crippen LogP contribution in [-0.4, -0.2) is 16.9 Å². The van der Waals surface area contributed by atoms with Crippen LogP contribution in [0.4, 0.5) is 5.69 Å². The van der Waals surface area contributed by atoms with Crippen molar-refractivity contribution in [1.29, 1.82) is 0 Å². The van der Waals surface area contributed by atoms with E-state index in [9.17, 15) is 4.79 Å². The number of hydrogen-bond acceptors (Lipinski definition) is 4. The number of aromatic nitrogens is 1. The average molecular weight is 249 g/mol. The van der Waals surface area contributed by atoms with Crippen LogP contribution < -0.4 is 11.1 Å². The lowest BCUT2D eigenvalue weighted by molar-refractivity contribution is -0.117. The van der Waals surface area contributed by atoms with Gasteiger partial charge in [0, 0.05) is 5.69 Å². The average Bonchev–Trinajstić information content (AvgIpc) is 2.67. The first-order valence-electron chi connectivity index (χ1n) is 5.53. The molecule has 1 aromatic heterocycles. The van der Waals surface area contributed by atoms with Crippen LogP contribution in [0.1, 0.15) is 18.4 Å². The molecule has 1 heterocycles. The fourth-order valence-corrected chi connectivity index (χ4v) is 2.40. The van der Waals surface area contributed by atoms with Crippen LogP contribution in [0, 0.1) is 6.92 Å². The smallest absolute Gasteiger partial charge is 0.241 e.